The molecule has 0 fully saturated rings. The fraction of sp³-hybridized carbons (Fsp3) is 0.600. The molecule has 0 radical (unpaired) electrons. The normalized spacial score (nSPS) is 19.7. The monoisotopic (exact) mass is 312 g/mol. The second kappa shape index (κ2) is 6.87. The summed E-state index contributed by atoms with van der Waals surface area (Å²) in [5.74, 6) is 0.00382. The molecule has 1 aromatic rings. The van der Waals surface area contributed by atoms with Crippen molar-refractivity contribution in [3.8, 4) is 0 Å². The Morgan fingerprint density at radius 2 is 2.10 bits per heavy atom. The van der Waals surface area contributed by atoms with Gasteiger partial charge in [0.25, 0.3) is 0 Å². The number of fused-ring (bicyclic) bond motifs is 1. The number of nitrogens with two attached hydrogens (primary N) is 1. The molecule has 2 rings (SSSR count). The molecule has 1 atom stereocenters. The van der Waals surface area contributed by atoms with E-state index >= 15 is 0 Å². The molecule has 0 spiro atoms. The second-order valence-corrected chi connectivity index (χ2v) is 7.59. The van der Waals surface area contributed by atoms with Crippen molar-refractivity contribution in [1.29, 1.82) is 0 Å². The van der Waals surface area contributed by atoms with Crippen LogP contribution < -0.4 is 5.73 Å². The van der Waals surface area contributed by atoms with Crippen LogP contribution in [0, 0.1) is 0 Å². The van der Waals surface area contributed by atoms with Crippen LogP contribution in [0.15, 0.2) is 24.3 Å². The van der Waals surface area contributed by atoms with Gasteiger partial charge in [0.05, 0.1) is 24.5 Å². The molecule has 1 unspecified atom stereocenters. The van der Waals surface area contributed by atoms with Crippen LogP contribution in [-0.4, -0.2) is 44.3 Å². The van der Waals surface area contributed by atoms with E-state index in [0.29, 0.717) is 13.1 Å². The number of hydrogen-bond donors (Lipinski definition) is 1. The number of hydrogen-bond acceptors (Lipinski definition) is 4. The van der Waals surface area contributed by atoms with Gasteiger partial charge in [-0.05, 0) is 31.4 Å². The third kappa shape index (κ3) is 3.83. The van der Waals surface area contributed by atoms with Crippen molar-refractivity contribution < 1.29 is 13.2 Å². The molecule has 0 saturated heterocycles. The first-order valence-corrected chi connectivity index (χ1v) is 8.95. The zero-order chi connectivity index (χ0) is 15.5. The minimum atomic E-state index is -3.35. The summed E-state index contributed by atoms with van der Waals surface area (Å²) >= 11 is 0. The molecule has 1 heterocycles. The van der Waals surface area contributed by atoms with Gasteiger partial charge in [-0.3, -0.25) is 0 Å². The zero-order valence-electron chi connectivity index (χ0n) is 12.7. The predicted molar refractivity (Wildman–Crippen MR) is 83.5 cm³/mol. The standard InChI is InChI=1S/C15H24N2O3S/c1-12(2)20-9-10-21(18,19)17-8-7-13-5-3-4-6-14(13)15(17)11-16/h3-6,12,15H,7-11,16H2,1-2H3. The molecule has 6 heteroatoms. The van der Waals surface area contributed by atoms with E-state index in [1.807, 2.05) is 38.1 Å². The Morgan fingerprint density at radius 1 is 1.38 bits per heavy atom. The van der Waals surface area contributed by atoms with E-state index in [1.165, 1.54) is 5.56 Å². The van der Waals surface area contributed by atoms with Crippen LogP contribution in [0.5, 0.6) is 0 Å². The summed E-state index contributed by atoms with van der Waals surface area (Å²) < 4.78 is 32.0. The average molecular weight is 312 g/mol. The van der Waals surface area contributed by atoms with Gasteiger partial charge in [-0.2, -0.15) is 4.31 Å². The molecule has 21 heavy (non-hydrogen) atoms. The minimum Gasteiger partial charge on any atom is -0.378 e. The van der Waals surface area contributed by atoms with Crippen molar-refractivity contribution >= 4 is 10.0 Å². The highest BCUT2D eigenvalue weighted by molar-refractivity contribution is 7.89. The van der Waals surface area contributed by atoms with Crippen LogP contribution in [0.1, 0.15) is 31.0 Å². The lowest BCUT2D eigenvalue weighted by molar-refractivity contribution is 0.0904. The Morgan fingerprint density at radius 3 is 2.76 bits per heavy atom. The largest absolute Gasteiger partial charge is 0.378 e. The van der Waals surface area contributed by atoms with Crippen LogP contribution in [0.4, 0.5) is 0 Å². The molecule has 0 aliphatic carbocycles. The second-order valence-electron chi connectivity index (χ2n) is 5.55. The van der Waals surface area contributed by atoms with Gasteiger partial charge in [0, 0.05) is 13.1 Å². The Balaban J connectivity index is 2.16. The lowest BCUT2D eigenvalue weighted by Gasteiger charge is -2.35. The van der Waals surface area contributed by atoms with Crippen molar-refractivity contribution in [3.63, 3.8) is 0 Å². The van der Waals surface area contributed by atoms with Gasteiger partial charge in [0.1, 0.15) is 0 Å². The summed E-state index contributed by atoms with van der Waals surface area (Å²) in [4.78, 5) is 0. The summed E-state index contributed by atoms with van der Waals surface area (Å²) in [5.41, 5.74) is 8.06. The molecule has 1 aliphatic heterocycles. The molecule has 5 nitrogen and oxygen atoms in total. The Labute approximate surface area is 127 Å². The number of rotatable bonds is 6. The van der Waals surface area contributed by atoms with Crippen LogP contribution >= 0.6 is 0 Å². The first kappa shape index (κ1) is 16.4. The summed E-state index contributed by atoms with van der Waals surface area (Å²) in [6.45, 7) is 4.79. The van der Waals surface area contributed by atoms with Crippen LogP contribution in [0.3, 0.4) is 0 Å². The number of sulfonamides is 1. The van der Waals surface area contributed by atoms with Crippen molar-refractivity contribution in [2.75, 3.05) is 25.4 Å². The number of ether oxygens (including phenoxy) is 1. The maximum atomic E-state index is 12.5. The van der Waals surface area contributed by atoms with Crippen LogP contribution in [0.25, 0.3) is 0 Å². The van der Waals surface area contributed by atoms with Crippen LogP contribution in [0.2, 0.25) is 0 Å². The Kier molecular flexibility index (Phi) is 5.37. The lowest BCUT2D eigenvalue weighted by Crippen LogP contribution is -2.44. The average Bonchev–Trinajstić information content (AvgIpc) is 2.45. The highest BCUT2D eigenvalue weighted by Crippen LogP contribution is 2.31. The topological polar surface area (TPSA) is 72.6 Å². The summed E-state index contributed by atoms with van der Waals surface area (Å²) in [6.07, 6.45) is 0.768. The quantitative estimate of drug-likeness (QED) is 0.859. The maximum Gasteiger partial charge on any atom is 0.216 e. The molecule has 0 amide bonds. The summed E-state index contributed by atoms with van der Waals surface area (Å²) in [6, 6.07) is 7.66. The fourth-order valence-corrected chi connectivity index (χ4v) is 4.21. The van der Waals surface area contributed by atoms with Gasteiger partial charge in [-0.25, -0.2) is 8.42 Å². The summed E-state index contributed by atoms with van der Waals surface area (Å²) in [7, 11) is -3.35. The van der Waals surface area contributed by atoms with Gasteiger partial charge >= 0.3 is 0 Å². The molecule has 1 aromatic carbocycles. The number of benzene rings is 1. The van der Waals surface area contributed by atoms with Crippen molar-refractivity contribution in [3.05, 3.63) is 35.4 Å². The molecule has 1 aliphatic rings. The van der Waals surface area contributed by atoms with Crippen LogP contribution in [-0.2, 0) is 21.2 Å². The van der Waals surface area contributed by atoms with Gasteiger partial charge in [0.15, 0.2) is 0 Å². The van der Waals surface area contributed by atoms with E-state index in [-0.39, 0.29) is 24.5 Å². The highest BCUT2D eigenvalue weighted by Gasteiger charge is 2.34. The first-order chi connectivity index (χ1) is 9.95. The molecule has 0 aromatic heterocycles. The van der Waals surface area contributed by atoms with E-state index in [2.05, 4.69) is 0 Å². The lowest BCUT2D eigenvalue weighted by atomic mass is 9.94. The molecule has 0 saturated carbocycles. The third-order valence-electron chi connectivity index (χ3n) is 3.74. The van der Waals surface area contributed by atoms with Gasteiger partial charge in [-0.15, -0.1) is 0 Å². The summed E-state index contributed by atoms with van der Waals surface area (Å²) in [5, 5.41) is 0. The van der Waals surface area contributed by atoms with E-state index in [4.69, 9.17) is 10.5 Å². The number of nitrogens with zero attached hydrogens (tertiary/aromatic N) is 1. The predicted octanol–water partition coefficient (Wildman–Crippen LogP) is 1.30. The molecule has 118 valence electrons. The highest BCUT2D eigenvalue weighted by atomic mass is 32.2. The Bertz CT molecular complexity index is 572. The fourth-order valence-electron chi connectivity index (χ4n) is 2.71. The molecular weight excluding hydrogens is 288 g/mol. The zero-order valence-corrected chi connectivity index (χ0v) is 13.5. The van der Waals surface area contributed by atoms with Crippen molar-refractivity contribution in [1.82, 2.24) is 4.31 Å². The molecule has 0 bridgehead atoms. The van der Waals surface area contributed by atoms with Gasteiger partial charge in [0.2, 0.25) is 10.0 Å². The van der Waals surface area contributed by atoms with E-state index in [9.17, 15) is 8.42 Å². The minimum absolute atomic E-state index is 0.00382. The molecular formula is C15H24N2O3S. The molecule has 2 N–H and O–H groups in total. The van der Waals surface area contributed by atoms with E-state index < -0.39 is 10.0 Å². The third-order valence-corrected chi connectivity index (χ3v) is 5.57. The van der Waals surface area contributed by atoms with Gasteiger partial charge < -0.3 is 10.5 Å². The maximum absolute atomic E-state index is 12.5. The van der Waals surface area contributed by atoms with Gasteiger partial charge in [-0.1, -0.05) is 24.3 Å². The SMILES string of the molecule is CC(C)OCCS(=O)(=O)N1CCc2ccccc2C1CN. The first-order valence-electron chi connectivity index (χ1n) is 7.34. The van der Waals surface area contributed by atoms with E-state index in [0.717, 1.165) is 12.0 Å². The van der Waals surface area contributed by atoms with Crippen molar-refractivity contribution in [2.45, 2.75) is 32.4 Å². The van der Waals surface area contributed by atoms with Crippen molar-refractivity contribution in [2.24, 2.45) is 5.73 Å². The Hall–Kier alpha value is -0.950. The smallest absolute Gasteiger partial charge is 0.216 e. The van der Waals surface area contributed by atoms with E-state index in [1.54, 1.807) is 4.31 Å².